The van der Waals surface area contributed by atoms with Crippen LogP contribution in [0.15, 0.2) is 0 Å². The van der Waals surface area contributed by atoms with Crippen molar-refractivity contribution in [1.82, 2.24) is 10.4 Å². The van der Waals surface area contributed by atoms with Crippen LogP contribution in [0.3, 0.4) is 0 Å². The van der Waals surface area contributed by atoms with Gasteiger partial charge < -0.3 is 5.11 Å². The van der Waals surface area contributed by atoms with Crippen LogP contribution < -0.4 is 5.43 Å². The Labute approximate surface area is 127 Å². The second-order valence-electron chi connectivity index (χ2n) is 6.89. The first-order chi connectivity index (χ1) is 9.94. The summed E-state index contributed by atoms with van der Waals surface area (Å²) < 4.78 is 0. The number of aliphatic carboxylic acids is 1. The van der Waals surface area contributed by atoms with E-state index in [4.69, 9.17) is 0 Å². The zero-order valence-electron chi connectivity index (χ0n) is 13.2. The van der Waals surface area contributed by atoms with E-state index < -0.39 is 11.4 Å². The van der Waals surface area contributed by atoms with Gasteiger partial charge in [-0.2, -0.15) is 0 Å². The van der Waals surface area contributed by atoms with Crippen LogP contribution in [-0.4, -0.2) is 34.1 Å². The molecule has 1 saturated carbocycles. The molecule has 0 bridgehead atoms. The van der Waals surface area contributed by atoms with Crippen molar-refractivity contribution in [3.8, 4) is 0 Å². The summed E-state index contributed by atoms with van der Waals surface area (Å²) in [4.78, 5) is 24.0. The van der Waals surface area contributed by atoms with Crippen LogP contribution in [0.25, 0.3) is 0 Å². The molecule has 2 aliphatic rings. The van der Waals surface area contributed by atoms with E-state index in [1.807, 2.05) is 5.01 Å². The maximum absolute atomic E-state index is 12.4. The fraction of sp³-hybridized carbons (Fsp3) is 0.875. The minimum Gasteiger partial charge on any atom is -0.481 e. The first-order valence-electron chi connectivity index (χ1n) is 8.26. The Kier molecular flexibility index (Phi) is 5.25. The van der Waals surface area contributed by atoms with E-state index in [1.165, 1.54) is 6.42 Å². The quantitative estimate of drug-likeness (QED) is 0.837. The predicted molar refractivity (Wildman–Crippen MR) is 80.5 cm³/mol. The highest BCUT2D eigenvalue weighted by molar-refractivity contribution is 5.84. The predicted octanol–water partition coefficient (Wildman–Crippen LogP) is 2.71. The highest BCUT2D eigenvalue weighted by atomic mass is 16.4. The summed E-state index contributed by atoms with van der Waals surface area (Å²) in [6, 6.07) is 0.648. The number of carbonyl (C=O) groups is 2. The molecule has 0 radical (unpaired) electrons. The van der Waals surface area contributed by atoms with Gasteiger partial charge in [0.25, 0.3) is 0 Å². The molecular weight excluding hydrogens is 268 g/mol. The molecule has 21 heavy (non-hydrogen) atoms. The zero-order valence-corrected chi connectivity index (χ0v) is 13.2. The smallest absolute Gasteiger partial charge is 0.310 e. The molecule has 1 aliphatic heterocycles. The molecule has 0 aromatic heterocycles. The maximum atomic E-state index is 12.4. The second-order valence-corrected chi connectivity index (χ2v) is 6.89. The molecule has 0 aromatic carbocycles. The minimum atomic E-state index is -0.843. The molecule has 0 aromatic rings. The molecule has 5 nitrogen and oxygen atoms in total. The van der Waals surface area contributed by atoms with Gasteiger partial charge >= 0.3 is 5.97 Å². The molecule has 1 aliphatic carbocycles. The van der Waals surface area contributed by atoms with Crippen LogP contribution in [0.2, 0.25) is 0 Å². The summed E-state index contributed by atoms with van der Waals surface area (Å²) in [5.41, 5.74) is 2.13. The lowest BCUT2D eigenvalue weighted by Gasteiger charge is -2.40. The summed E-state index contributed by atoms with van der Waals surface area (Å²) in [6.45, 7) is 4.23. The number of hydrogen-bond acceptors (Lipinski definition) is 3. The third-order valence-electron chi connectivity index (χ3n) is 5.21. The van der Waals surface area contributed by atoms with Crippen LogP contribution in [0.1, 0.15) is 71.6 Å². The van der Waals surface area contributed by atoms with Crippen LogP contribution in [-0.2, 0) is 9.59 Å². The Morgan fingerprint density at radius 1 is 1.10 bits per heavy atom. The van der Waals surface area contributed by atoms with Crippen molar-refractivity contribution in [1.29, 1.82) is 0 Å². The average Bonchev–Trinajstić information content (AvgIpc) is 2.44. The molecule has 5 heteroatoms. The van der Waals surface area contributed by atoms with Crippen molar-refractivity contribution < 1.29 is 14.7 Å². The lowest BCUT2D eigenvalue weighted by atomic mass is 9.71. The van der Waals surface area contributed by atoms with Gasteiger partial charge in [0.05, 0.1) is 5.41 Å². The van der Waals surface area contributed by atoms with Gasteiger partial charge in [0.15, 0.2) is 0 Å². The summed E-state index contributed by atoms with van der Waals surface area (Å²) in [7, 11) is 0. The standard InChI is InChI=1S/C16H28N2O3/c1-12-7-6-8-13(2)18(12)17-14(19)11-16(15(20)21)9-4-3-5-10-16/h12-13H,3-11H2,1-2H3,(H,17,19)(H,20,21). The number of carboxylic acids is 1. The third-order valence-corrected chi connectivity index (χ3v) is 5.21. The van der Waals surface area contributed by atoms with Crippen molar-refractivity contribution in [3.05, 3.63) is 0 Å². The molecule has 120 valence electrons. The van der Waals surface area contributed by atoms with Crippen LogP contribution in [0.4, 0.5) is 0 Å². The van der Waals surface area contributed by atoms with E-state index in [0.29, 0.717) is 24.9 Å². The number of nitrogens with zero attached hydrogens (tertiary/aromatic N) is 1. The normalized spacial score (nSPS) is 29.8. The summed E-state index contributed by atoms with van der Waals surface area (Å²) in [5, 5.41) is 11.6. The Hall–Kier alpha value is -1.10. The summed E-state index contributed by atoms with van der Waals surface area (Å²) >= 11 is 0. The van der Waals surface area contributed by atoms with Gasteiger partial charge in [-0.15, -0.1) is 0 Å². The Balaban J connectivity index is 1.97. The number of amides is 1. The number of carbonyl (C=O) groups excluding carboxylic acids is 1. The van der Waals surface area contributed by atoms with Gasteiger partial charge in [0, 0.05) is 18.5 Å². The number of hydrogen-bond donors (Lipinski definition) is 2. The Morgan fingerprint density at radius 3 is 2.19 bits per heavy atom. The molecule has 2 atom stereocenters. The van der Waals surface area contributed by atoms with Gasteiger partial charge in [-0.05, 0) is 39.5 Å². The monoisotopic (exact) mass is 296 g/mol. The van der Waals surface area contributed by atoms with E-state index in [0.717, 1.165) is 32.1 Å². The van der Waals surface area contributed by atoms with E-state index in [2.05, 4.69) is 19.3 Å². The number of hydrazine groups is 1. The molecular formula is C16H28N2O3. The van der Waals surface area contributed by atoms with Gasteiger partial charge in [0.2, 0.25) is 5.91 Å². The molecule has 0 spiro atoms. The SMILES string of the molecule is CC1CCCC(C)N1NC(=O)CC1(C(=O)O)CCCCC1. The van der Waals surface area contributed by atoms with Crippen molar-refractivity contribution in [3.63, 3.8) is 0 Å². The van der Waals surface area contributed by atoms with E-state index in [1.54, 1.807) is 0 Å². The fourth-order valence-electron chi connectivity index (χ4n) is 3.83. The highest BCUT2D eigenvalue weighted by Crippen LogP contribution is 2.39. The molecule has 2 rings (SSSR count). The fourth-order valence-corrected chi connectivity index (χ4v) is 3.83. The maximum Gasteiger partial charge on any atom is 0.310 e. The van der Waals surface area contributed by atoms with Crippen molar-refractivity contribution >= 4 is 11.9 Å². The topological polar surface area (TPSA) is 69.6 Å². The third kappa shape index (κ3) is 3.76. The Bertz CT molecular complexity index is 381. The van der Waals surface area contributed by atoms with E-state index in [9.17, 15) is 14.7 Å². The molecule has 1 saturated heterocycles. The van der Waals surface area contributed by atoms with Gasteiger partial charge in [-0.3, -0.25) is 15.0 Å². The molecule has 2 unspecified atom stereocenters. The second kappa shape index (κ2) is 6.77. The minimum absolute atomic E-state index is 0.109. The van der Waals surface area contributed by atoms with Crippen molar-refractivity contribution in [2.75, 3.05) is 0 Å². The Morgan fingerprint density at radius 2 is 1.67 bits per heavy atom. The van der Waals surface area contributed by atoms with E-state index >= 15 is 0 Å². The van der Waals surface area contributed by atoms with Gasteiger partial charge in [-0.1, -0.05) is 25.7 Å². The molecule has 1 heterocycles. The summed E-state index contributed by atoms with van der Waals surface area (Å²) in [5.74, 6) is -0.947. The number of carboxylic acid groups (broad SMARTS) is 1. The number of nitrogens with one attached hydrogen (secondary N) is 1. The van der Waals surface area contributed by atoms with Gasteiger partial charge in [-0.25, -0.2) is 5.01 Å². The lowest BCUT2D eigenvalue weighted by molar-refractivity contribution is -0.155. The van der Waals surface area contributed by atoms with Crippen molar-refractivity contribution in [2.45, 2.75) is 83.7 Å². The van der Waals surface area contributed by atoms with Crippen LogP contribution >= 0.6 is 0 Å². The van der Waals surface area contributed by atoms with Crippen LogP contribution in [0.5, 0.6) is 0 Å². The lowest BCUT2D eigenvalue weighted by Crippen LogP contribution is -2.55. The average molecular weight is 296 g/mol. The first kappa shape index (κ1) is 16.3. The first-order valence-corrected chi connectivity index (χ1v) is 8.26. The van der Waals surface area contributed by atoms with Crippen molar-refractivity contribution in [2.24, 2.45) is 5.41 Å². The number of piperidine rings is 1. The molecule has 2 fully saturated rings. The largest absolute Gasteiger partial charge is 0.481 e. The number of rotatable bonds is 4. The summed E-state index contributed by atoms with van der Waals surface area (Å²) in [6.07, 6.45) is 7.61. The van der Waals surface area contributed by atoms with Crippen LogP contribution in [0, 0.1) is 5.41 Å². The molecule has 2 N–H and O–H groups in total. The highest BCUT2D eigenvalue weighted by Gasteiger charge is 2.42. The zero-order chi connectivity index (χ0) is 15.5. The molecule has 1 amide bonds. The van der Waals surface area contributed by atoms with Gasteiger partial charge in [0.1, 0.15) is 0 Å². The van der Waals surface area contributed by atoms with E-state index in [-0.39, 0.29) is 12.3 Å².